The summed E-state index contributed by atoms with van der Waals surface area (Å²) >= 11 is 12.2. The lowest BCUT2D eigenvalue weighted by Gasteiger charge is -2.16. The fourth-order valence-corrected chi connectivity index (χ4v) is 5.64. The van der Waals surface area contributed by atoms with Crippen LogP contribution in [0.4, 0.5) is 0 Å². The van der Waals surface area contributed by atoms with Gasteiger partial charge in [0.05, 0.1) is 3.79 Å². The average Bonchev–Trinajstić information content (AvgIpc) is 3.05. The first-order valence-electron chi connectivity index (χ1n) is 5.70. The largest absolute Gasteiger partial charge is 0.279 e. The molecule has 0 fully saturated rings. The van der Waals surface area contributed by atoms with E-state index in [1.165, 1.54) is 38.4 Å². The minimum atomic E-state index is -3.71. The van der Waals surface area contributed by atoms with Crippen LogP contribution in [0.2, 0.25) is 5.15 Å². The molecule has 0 radical (unpaired) electrons. The van der Waals surface area contributed by atoms with Gasteiger partial charge in [-0.05, 0) is 32.9 Å². The maximum absolute atomic E-state index is 12.7. The van der Waals surface area contributed by atoms with Gasteiger partial charge < -0.3 is 0 Å². The maximum Gasteiger partial charge on any atom is 0.262 e. The highest BCUT2D eigenvalue weighted by atomic mass is 79.9. The number of sulfonamides is 1. The highest BCUT2D eigenvalue weighted by molar-refractivity contribution is 9.11. The van der Waals surface area contributed by atoms with E-state index in [1.54, 1.807) is 11.6 Å². The number of halogens is 2. The fraction of sp³-hybridized carbons (Fsp3) is 0.182. The van der Waals surface area contributed by atoms with Gasteiger partial charge in [0, 0.05) is 25.2 Å². The van der Waals surface area contributed by atoms with E-state index in [0.717, 1.165) is 9.35 Å². The minimum Gasteiger partial charge on any atom is -0.279 e. The molecule has 0 bridgehead atoms. The molecule has 0 N–H and O–H groups in total. The number of thiazole rings is 1. The van der Waals surface area contributed by atoms with E-state index in [-0.39, 0.29) is 16.7 Å². The minimum absolute atomic E-state index is 0.000184. The van der Waals surface area contributed by atoms with Gasteiger partial charge in [0.15, 0.2) is 15.1 Å². The Kier molecular flexibility index (Phi) is 4.15. The van der Waals surface area contributed by atoms with Crippen LogP contribution in [0.3, 0.4) is 0 Å². The van der Waals surface area contributed by atoms with E-state index in [1.807, 2.05) is 11.4 Å². The molecule has 0 atom stereocenters. The molecule has 3 aromatic heterocycles. The van der Waals surface area contributed by atoms with Crippen LogP contribution >= 0.6 is 50.2 Å². The van der Waals surface area contributed by atoms with Gasteiger partial charge in [-0.15, -0.1) is 22.7 Å². The Balaban J connectivity index is 1.99. The van der Waals surface area contributed by atoms with Crippen molar-refractivity contribution in [1.29, 1.82) is 0 Å². The van der Waals surface area contributed by atoms with Crippen molar-refractivity contribution in [1.82, 2.24) is 13.7 Å². The number of imidazole rings is 1. The molecule has 3 rings (SSSR count). The summed E-state index contributed by atoms with van der Waals surface area (Å²) in [7, 11) is -2.18. The van der Waals surface area contributed by atoms with Crippen molar-refractivity contribution in [3.05, 3.63) is 37.5 Å². The third-order valence-corrected chi connectivity index (χ3v) is 7.37. The first kappa shape index (κ1) is 15.4. The second-order valence-corrected chi connectivity index (χ2v) is 9.77. The number of thiophene rings is 1. The van der Waals surface area contributed by atoms with Gasteiger partial charge in [-0.3, -0.25) is 4.40 Å². The van der Waals surface area contributed by atoms with E-state index in [4.69, 9.17) is 11.6 Å². The van der Waals surface area contributed by atoms with Crippen LogP contribution in [0, 0.1) is 0 Å². The Labute approximate surface area is 143 Å². The van der Waals surface area contributed by atoms with Gasteiger partial charge in [-0.25, -0.2) is 13.4 Å². The average molecular weight is 427 g/mol. The SMILES string of the molecule is CN(Cc1csc(Br)c1)S(=O)(=O)c1c(Cl)nc2sccn12. The van der Waals surface area contributed by atoms with Crippen molar-refractivity contribution >= 4 is 65.2 Å². The van der Waals surface area contributed by atoms with Gasteiger partial charge in [0.25, 0.3) is 10.0 Å². The maximum atomic E-state index is 12.7. The first-order chi connectivity index (χ1) is 9.89. The summed E-state index contributed by atoms with van der Waals surface area (Å²) in [4.78, 5) is 4.63. The van der Waals surface area contributed by atoms with Crippen molar-refractivity contribution in [2.75, 3.05) is 7.05 Å². The molecule has 0 aliphatic heterocycles. The molecule has 0 aliphatic rings. The molecule has 0 saturated carbocycles. The number of hydrogen-bond donors (Lipinski definition) is 0. The summed E-state index contributed by atoms with van der Waals surface area (Å²) in [5, 5.41) is 3.69. The predicted octanol–water partition coefficient (Wildman–Crippen LogP) is 3.69. The normalized spacial score (nSPS) is 12.6. The molecule has 0 amide bonds. The van der Waals surface area contributed by atoms with Gasteiger partial charge in [0.2, 0.25) is 0 Å². The highest BCUT2D eigenvalue weighted by Crippen LogP contribution is 2.29. The predicted molar refractivity (Wildman–Crippen MR) is 88.8 cm³/mol. The monoisotopic (exact) mass is 425 g/mol. The van der Waals surface area contributed by atoms with Crippen LogP contribution in [0.1, 0.15) is 5.56 Å². The Bertz CT molecular complexity index is 899. The van der Waals surface area contributed by atoms with E-state index in [2.05, 4.69) is 20.9 Å². The lowest BCUT2D eigenvalue weighted by molar-refractivity contribution is 0.463. The zero-order valence-electron chi connectivity index (χ0n) is 10.7. The van der Waals surface area contributed by atoms with Crippen LogP contribution in [-0.4, -0.2) is 29.2 Å². The summed E-state index contributed by atoms with van der Waals surface area (Å²) < 4.78 is 29.2. The molecular weight excluding hydrogens is 418 g/mol. The van der Waals surface area contributed by atoms with Crippen LogP contribution in [0.25, 0.3) is 4.96 Å². The summed E-state index contributed by atoms with van der Waals surface area (Å²) in [6, 6.07) is 1.90. The number of fused-ring (bicyclic) bond motifs is 1. The quantitative estimate of drug-likeness (QED) is 0.639. The molecule has 0 saturated heterocycles. The third kappa shape index (κ3) is 2.78. The Morgan fingerprint density at radius 3 is 2.90 bits per heavy atom. The summed E-state index contributed by atoms with van der Waals surface area (Å²) in [6.07, 6.45) is 1.65. The zero-order chi connectivity index (χ0) is 15.2. The topological polar surface area (TPSA) is 54.7 Å². The third-order valence-electron chi connectivity index (χ3n) is 2.86. The summed E-state index contributed by atoms with van der Waals surface area (Å²) in [6.45, 7) is 0.276. The molecule has 21 heavy (non-hydrogen) atoms. The van der Waals surface area contributed by atoms with E-state index >= 15 is 0 Å². The van der Waals surface area contributed by atoms with E-state index in [0.29, 0.717) is 4.96 Å². The van der Waals surface area contributed by atoms with Crippen LogP contribution in [-0.2, 0) is 16.6 Å². The molecule has 3 aromatic rings. The molecule has 0 spiro atoms. The van der Waals surface area contributed by atoms with Crippen molar-refractivity contribution < 1.29 is 8.42 Å². The van der Waals surface area contributed by atoms with Gasteiger partial charge in [0.1, 0.15) is 0 Å². The zero-order valence-corrected chi connectivity index (χ0v) is 15.4. The molecule has 0 aromatic carbocycles. The molecule has 3 heterocycles. The second kappa shape index (κ2) is 5.64. The summed E-state index contributed by atoms with van der Waals surface area (Å²) in [5.74, 6) is 0. The van der Waals surface area contributed by atoms with Gasteiger partial charge in [-0.1, -0.05) is 11.6 Å². The Hall–Kier alpha value is -0.450. The molecule has 5 nitrogen and oxygen atoms in total. The number of nitrogens with zero attached hydrogens (tertiary/aromatic N) is 3. The van der Waals surface area contributed by atoms with E-state index < -0.39 is 10.0 Å². The molecular formula is C11H9BrClN3O2S3. The summed E-state index contributed by atoms with van der Waals surface area (Å²) in [5.41, 5.74) is 0.917. The van der Waals surface area contributed by atoms with Crippen LogP contribution in [0.5, 0.6) is 0 Å². The Morgan fingerprint density at radius 2 is 2.24 bits per heavy atom. The van der Waals surface area contributed by atoms with Crippen LogP contribution < -0.4 is 0 Å². The lowest BCUT2D eigenvalue weighted by atomic mass is 10.3. The van der Waals surface area contributed by atoms with Crippen LogP contribution in [0.15, 0.2) is 31.8 Å². The van der Waals surface area contributed by atoms with Crippen molar-refractivity contribution in [2.24, 2.45) is 0 Å². The Morgan fingerprint density at radius 1 is 1.48 bits per heavy atom. The number of aromatic nitrogens is 2. The lowest BCUT2D eigenvalue weighted by Crippen LogP contribution is -2.27. The molecule has 112 valence electrons. The first-order valence-corrected chi connectivity index (χ1v) is 10.1. The van der Waals surface area contributed by atoms with E-state index in [9.17, 15) is 8.42 Å². The highest BCUT2D eigenvalue weighted by Gasteiger charge is 2.29. The smallest absolute Gasteiger partial charge is 0.262 e. The van der Waals surface area contributed by atoms with Crippen molar-refractivity contribution in [3.63, 3.8) is 0 Å². The van der Waals surface area contributed by atoms with Gasteiger partial charge >= 0.3 is 0 Å². The molecule has 0 unspecified atom stereocenters. The van der Waals surface area contributed by atoms with Gasteiger partial charge in [-0.2, -0.15) is 4.31 Å². The molecule has 10 heteroatoms. The number of hydrogen-bond acceptors (Lipinski definition) is 5. The number of rotatable bonds is 4. The second-order valence-electron chi connectivity index (χ2n) is 4.28. The molecule has 0 aliphatic carbocycles. The standard InChI is InChI=1S/C11H9BrClN3O2S3/c1-15(5-7-4-8(12)20-6-7)21(17,18)10-9(13)14-11-16(10)2-3-19-11/h2-4,6H,5H2,1H3. The van der Waals surface area contributed by atoms with Crippen molar-refractivity contribution in [2.45, 2.75) is 11.6 Å². The van der Waals surface area contributed by atoms with Crippen molar-refractivity contribution in [3.8, 4) is 0 Å². The fourth-order valence-electron chi connectivity index (χ4n) is 1.89.